The largest absolute Gasteiger partial charge is 0.493 e. The fraction of sp³-hybridized carbons (Fsp3) is 0.360. The number of fused-ring (bicyclic) bond motifs is 1. The molecule has 3 aromatic rings. The molecule has 0 saturated carbocycles. The molecular weight excluding hydrogens is 378 g/mol. The number of aromatic nitrogens is 1. The maximum absolute atomic E-state index is 9.17. The first kappa shape index (κ1) is 20.2. The number of benzene rings is 2. The van der Waals surface area contributed by atoms with Crippen LogP contribution in [0.3, 0.4) is 0 Å². The van der Waals surface area contributed by atoms with Crippen LogP contribution < -0.4 is 4.74 Å². The van der Waals surface area contributed by atoms with Crippen LogP contribution in [0.25, 0.3) is 11.5 Å². The summed E-state index contributed by atoms with van der Waals surface area (Å²) in [5.74, 6) is 2.00. The summed E-state index contributed by atoms with van der Waals surface area (Å²) in [5, 5.41) is 9.17. The molecular formula is C25H28NO4+. The number of oxazole rings is 1. The minimum absolute atomic E-state index is 0.182. The zero-order chi connectivity index (χ0) is 21.1. The second-order valence-corrected chi connectivity index (χ2v) is 7.89. The fourth-order valence-electron chi connectivity index (χ4n) is 4.14. The van der Waals surface area contributed by atoms with Gasteiger partial charge in [0.2, 0.25) is 5.89 Å². The molecule has 0 radical (unpaired) electrons. The van der Waals surface area contributed by atoms with Crippen molar-refractivity contribution >= 4 is 5.97 Å². The number of aryl methyl sites for hydroxylation is 3. The van der Waals surface area contributed by atoms with Gasteiger partial charge in [-0.05, 0) is 67.1 Å². The van der Waals surface area contributed by atoms with Gasteiger partial charge in [-0.25, -0.2) is 4.98 Å². The van der Waals surface area contributed by atoms with Crippen molar-refractivity contribution in [3.63, 3.8) is 0 Å². The number of carboxylic acids is 1. The molecule has 1 aromatic heterocycles. The van der Waals surface area contributed by atoms with E-state index >= 15 is 0 Å². The Morgan fingerprint density at radius 3 is 2.77 bits per heavy atom. The van der Waals surface area contributed by atoms with E-state index in [1.807, 2.05) is 19.1 Å². The maximum Gasteiger partial charge on any atom is 0.481 e. The summed E-state index contributed by atoms with van der Waals surface area (Å²) in [7, 11) is 0. The highest BCUT2D eigenvalue weighted by atomic mass is 16.5. The molecule has 0 unspecified atom stereocenters. The van der Waals surface area contributed by atoms with E-state index in [9.17, 15) is 9.90 Å². The standard InChI is InChI=1S/C25H27NO4/c1-3-17-4-6-18(7-5-17)25-26-23(16(2)30-25)12-13-29-21-10-11-22-19(14-21)8-9-20(22)15-24(27)28/h4-7,10-11,14,20H,3,8-9,12-13,15H2,1-2H3,(H,27,28)/p+1/t20-/m1/s1. The molecule has 1 heterocycles. The lowest BCUT2D eigenvalue weighted by atomic mass is 9.98. The van der Waals surface area contributed by atoms with Crippen molar-refractivity contribution in [3.8, 4) is 17.2 Å². The predicted molar refractivity (Wildman–Crippen MR) is 117 cm³/mol. The molecule has 2 aromatic carbocycles. The lowest BCUT2D eigenvalue weighted by Crippen LogP contribution is -2.04. The molecule has 0 spiro atoms. The fourth-order valence-corrected chi connectivity index (χ4v) is 4.14. The number of hydrogen-bond donors (Lipinski definition) is 1. The van der Waals surface area contributed by atoms with Crippen molar-refractivity contribution in [3.05, 3.63) is 70.6 Å². The molecule has 0 amide bonds. The van der Waals surface area contributed by atoms with E-state index in [4.69, 9.17) is 9.15 Å². The van der Waals surface area contributed by atoms with Gasteiger partial charge in [0.15, 0.2) is 0 Å². The first-order valence-electron chi connectivity index (χ1n) is 10.6. The summed E-state index contributed by atoms with van der Waals surface area (Å²) in [6, 6.07) is 14.4. The van der Waals surface area contributed by atoms with Crippen molar-refractivity contribution in [1.82, 2.24) is 4.98 Å². The molecule has 1 aliphatic rings. The smallest absolute Gasteiger partial charge is 0.481 e. The van der Waals surface area contributed by atoms with Crippen LogP contribution in [0.1, 0.15) is 53.8 Å². The van der Waals surface area contributed by atoms with Crippen LogP contribution >= 0.6 is 0 Å². The highest BCUT2D eigenvalue weighted by Crippen LogP contribution is 2.37. The third kappa shape index (κ3) is 4.40. The summed E-state index contributed by atoms with van der Waals surface area (Å²) in [6.45, 7) is 4.60. The van der Waals surface area contributed by atoms with Gasteiger partial charge in [0.05, 0.1) is 12.3 Å². The highest BCUT2D eigenvalue weighted by molar-refractivity contribution is 5.69. The molecule has 5 heteroatoms. The molecule has 4 rings (SSSR count). The minimum Gasteiger partial charge on any atom is -0.493 e. The number of hydrogen-bond acceptors (Lipinski definition) is 3. The Bertz CT molecular complexity index is 1040. The number of nitrogens with zero attached hydrogens (tertiary/aromatic N) is 1. The van der Waals surface area contributed by atoms with E-state index in [-0.39, 0.29) is 5.92 Å². The second-order valence-electron chi connectivity index (χ2n) is 7.89. The van der Waals surface area contributed by atoms with Crippen LogP contribution in [-0.2, 0) is 19.3 Å². The zero-order valence-corrected chi connectivity index (χ0v) is 17.5. The molecule has 0 saturated heterocycles. The quantitative estimate of drug-likeness (QED) is 0.514. The Hall–Kier alpha value is -3.08. The van der Waals surface area contributed by atoms with Crippen LogP contribution in [0.5, 0.6) is 5.75 Å². The Morgan fingerprint density at radius 1 is 1.23 bits per heavy atom. The van der Waals surface area contributed by atoms with Crippen molar-refractivity contribution in [2.24, 2.45) is 0 Å². The molecule has 156 valence electrons. The van der Waals surface area contributed by atoms with Gasteiger partial charge in [-0.1, -0.05) is 25.1 Å². The van der Waals surface area contributed by atoms with Crippen LogP contribution in [0.4, 0.5) is 0 Å². The van der Waals surface area contributed by atoms with E-state index in [1.165, 1.54) is 16.7 Å². The summed E-state index contributed by atoms with van der Waals surface area (Å²) in [4.78, 5) is 13.8. The van der Waals surface area contributed by atoms with Crippen LogP contribution in [0, 0.1) is 6.92 Å². The first-order chi connectivity index (χ1) is 14.5. The van der Waals surface area contributed by atoms with Crippen LogP contribution in [-0.4, -0.2) is 27.5 Å². The lowest BCUT2D eigenvalue weighted by Gasteiger charge is -2.10. The Morgan fingerprint density at radius 2 is 2.03 bits per heavy atom. The monoisotopic (exact) mass is 406 g/mol. The molecule has 0 fully saturated rings. The lowest BCUT2D eigenvalue weighted by molar-refractivity contribution is 0.319. The average molecular weight is 407 g/mol. The number of rotatable bonds is 8. The van der Waals surface area contributed by atoms with Gasteiger partial charge >= 0.3 is 5.97 Å². The minimum atomic E-state index is -0.489. The predicted octanol–water partition coefficient (Wildman–Crippen LogP) is 5.31. The topological polar surface area (TPSA) is 76.9 Å². The highest BCUT2D eigenvalue weighted by Gasteiger charge is 2.27. The Labute approximate surface area is 176 Å². The van der Waals surface area contributed by atoms with Crippen LogP contribution in [0.2, 0.25) is 0 Å². The summed E-state index contributed by atoms with van der Waals surface area (Å²) >= 11 is 0. The first-order valence-corrected chi connectivity index (χ1v) is 10.6. The average Bonchev–Trinajstić information content (AvgIpc) is 3.31. The van der Waals surface area contributed by atoms with E-state index in [0.717, 1.165) is 42.0 Å². The molecule has 1 atom stereocenters. The van der Waals surface area contributed by atoms with Gasteiger partial charge < -0.3 is 19.1 Å². The number of aliphatic hydroxyl groups excluding tert-OH is 1. The number of carboxylic acid groups (broad SMARTS) is 1. The van der Waals surface area contributed by atoms with Gasteiger partial charge in [-0.15, -0.1) is 0 Å². The molecule has 0 aliphatic heterocycles. The third-order valence-corrected chi connectivity index (χ3v) is 5.85. The molecule has 0 bridgehead atoms. The van der Waals surface area contributed by atoms with Crippen LogP contribution in [0.15, 0.2) is 46.9 Å². The molecule has 1 aliphatic carbocycles. The van der Waals surface area contributed by atoms with Crippen molar-refractivity contribution in [2.45, 2.75) is 51.9 Å². The van der Waals surface area contributed by atoms with Crippen molar-refractivity contribution in [1.29, 1.82) is 0 Å². The summed E-state index contributed by atoms with van der Waals surface area (Å²) < 4.78 is 11.8. The van der Waals surface area contributed by atoms with Crippen molar-refractivity contribution in [2.75, 3.05) is 6.61 Å². The van der Waals surface area contributed by atoms with Gasteiger partial charge in [0.1, 0.15) is 17.9 Å². The molecule has 30 heavy (non-hydrogen) atoms. The van der Waals surface area contributed by atoms with Gasteiger partial charge in [0.25, 0.3) is 0 Å². The number of aliphatic carboxylic acids is 1. The maximum atomic E-state index is 9.17. The molecule has 2 N–H and O–H groups in total. The summed E-state index contributed by atoms with van der Waals surface area (Å²) in [6.07, 6.45) is 3.87. The SMILES string of the molecule is CCc1ccc(-c2nc(CCOc3ccc4c(c3)CC[C@@H]4CC(O)=[OH+])c(C)o2)cc1. The van der Waals surface area contributed by atoms with E-state index in [2.05, 4.69) is 42.2 Å². The van der Waals surface area contributed by atoms with Crippen molar-refractivity contribution < 1.29 is 19.1 Å². The molecule has 5 nitrogen and oxygen atoms in total. The third-order valence-electron chi connectivity index (χ3n) is 5.85. The Kier molecular flexibility index (Phi) is 5.88. The number of ether oxygens (including phenoxy) is 1. The zero-order valence-electron chi connectivity index (χ0n) is 17.5. The van der Waals surface area contributed by atoms with Gasteiger partial charge in [-0.2, -0.15) is 0 Å². The van der Waals surface area contributed by atoms with Gasteiger partial charge in [-0.3, -0.25) is 0 Å². The van der Waals surface area contributed by atoms with E-state index in [1.54, 1.807) is 0 Å². The Balaban J connectivity index is 1.37. The van der Waals surface area contributed by atoms with Gasteiger partial charge in [0, 0.05) is 17.9 Å². The normalized spacial score (nSPS) is 15.2. The van der Waals surface area contributed by atoms with E-state index < -0.39 is 5.97 Å². The second kappa shape index (κ2) is 8.74. The summed E-state index contributed by atoms with van der Waals surface area (Å²) in [5.41, 5.74) is 5.62. The van der Waals surface area contributed by atoms with E-state index in [0.29, 0.717) is 25.3 Å².